The molecule has 0 heterocycles. The molecule has 3 aromatic rings. The molecule has 0 radical (unpaired) electrons. The first-order valence-electron chi connectivity index (χ1n) is 14.6. The van der Waals surface area contributed by atoms with Crippen molar-refractivity contribution in [1.82, 2.24) is 10.2 Å². The van der Waals surface area contributed by atoms with Gasteiger partial charge in [0.15, 0.2) is 0 Å². The van der Waals surface area contributed by atoms with Crippen LogP contribution in [0.3, 0.4) is 0 Å². The quantitative estimate of drug-likeness (QED) is 0.210. The van der Waals surface area contributed by atoms with E-state index in [4.69, 9.17) is 4.74 Å². The van der Waals surface area contributed by atoms with Crippen LogP contribution in [0.25, 0.3) is 0 Å². The van der Waals surface area contributed by atoms with E-state index in [1.165, 1.54) is 43.2 Å². The van der Waals surface area contributed by atoms with E-state index >= 15 is 0 Å². The Morgan fingerprint density at radius 1 is 1.05 bits per heavy atom. The molecular formula is C32H38N4O7S. The lowest BCUT2D eigenvalue weighted by Gasteiger charge is -2.33. The van der Waals surface area contributed by atoms with Gasteiger partial charge >= 0.3 is 0 Å². The van der Waals surface area contributed by atoms with Crippen LogP contribution >= 0.6 is 0 Å². The van der Waals surface area contributed by atoms with Crippen molar-refractivity contribution in [3.05, 3.63) is 94.0 Å². The van der Waals surface area contributed by atoms with Crippen LogP contribution in [-0.2, 0) is 26.2 Å². The predicted molar refractivity (Wildman–Crippen MR) is 167 cm³/mol. The fourth-order valence-corrected chi connectivity index (χ4v) is 6.85. The number of rotatable bonds is 13. The number of hydrogen-bond donors (Lipinski definition) is 1. The summed E-state index contributed by atoms with van der Waals surface area (Å²) in [6.45, 7) is 2.77. The number of sulfonamides is 1. The number of benzene rings is 3. The average molecular weight is 623 g/mol. The van der Waals surface area contributed by atoms with Crippen molar-refractivity contribution >= 4 is 33.2 Å². The highest BCUT2D eigenvalue weighted by atomic mass is 32.2. The van der Waals surface area contributed by atoms with Gasteiger partial charge < -0.3 is 15.0 Å². The van der Waals surface area contributed by atoms with E-state index in [9.17, 15) is 28.1 Å². The maximum absolute atomic E-state index is 14.2. The average Bonchev–Trinajstić information content (AvgIpc) is 3.53. The summed E-state index contributed by atoms with van der Waals surface area (Å²) in [4.78, 5) is 39.8. The number of anilines is 1. The molecular weight excluding hydrogens is 584 g/mol. The number of hydrogen-bond acceptors (Lipinski definition) is 7. The minimum Gasteiger partial charge on any atom is -0.497 e. The molecule has 2 amide bonds. The van der Waals surface area contributed by atoms with E-state index in [1.807, 2.05) is 37.3 Å². The third-order valence-electron chi connectivity index (χ3n) is 7.89. The molecule has 0 bridgehead atoms. The second-order valence-electron chi connectivity index (χ2n) is 10.8. The lowest BCUT2D eigenvalue weighted by molar-refractivity contribution is -0.385. The number of nitro benzene ring substituents is 1. The smallest absolute Gasteiger partial charge is 0.273 e. The minimum atomic E-state index is -4.48. The van der Waals surface area contributed by atoms with Crippen molar-refractivity contribution in [2.24, 2.45) is 0 Å². The van der Waals surface area contributed by atoms with E-state index in [0.29, 0.717) is 17.7 Å². The van der Waals surface area contributed by atoms with Crippen LogP contribution in [0, 0.1) is 17.0 Å². The Bertz CT molecular complexity index is 1570. The number of aryl methyl sites for hydroxylation is 1. The fourth-order valence-electron chi connectivity index (χ4n) is 5.42. The summed E-state index contributed by atoms with van der Waals surface area (Å²) < 4.78 is 34.4. The molecule has 3 aromatic carbocycles. The van der Waals surface area contributed by atoms with E-state index in [2.05, 4.69) is 5.32 Å². The normalized spacial score (nSPS) is 14.1. The third kappa shape index (κ3) is 7.54. The summed E-state index contributed by atoms with van der Waals surface area (Å²) in [6, 6.07) is 18.1. The van der Waals surface area contributed by atoms with Crippen LogP contribution in [0.4, 0.5) is 11.4 Å². The van der Waals surface area contributed by atoms with Crippen LogP contribution in [0.15, 0.2) is 77.7 Å². The van der Waals surface area contributed by atoms with Gasteiger partial charge in [-0.05, 0) is 62.1 Å². The number of nitrogens with one attached hydrogen (secondary N) is 1. The summed E-state index contributed by atoms with van der Waals surface area (Å²) in [5, 5.41) is 14.7. The molecule has 12 heteroatoms. The number of ether oxygens (including phenoxy) is 1. The van der Waals surface area contributed by atoms with Crippen LogP contribution in [0.1, 0.15) is 50.2 Å². The Labute approximate surface area is 258 Å². The first-order valence-corrected chi connectivity index (χ1v) is 16.0. The number of carbonyl (C=O) groups is 2. The topological polar surface area (TPSA) is 139 Å². The molecule has 0 aromatic heterocycles. The Kier molecular flexibility index (Phi) is 10.6. The van der Waals surface area contributed by atoms with Crippen molar-refractivity contribution in [2.45, 2.75) is 69.5 Å². The summed E-state index contributed by atoms with van der Waals surface area (Å²) in [5.74, 6) is -0.399. The largest absolute Gasteiger partial charge is 0.497 e. The fraction of sp³-hybridized carbons (Fsp3) is 0.375. The molecule has 1 aliphatic carbocycles. The molecule has 0 aliphatic heterocycles. The number of nitrogens with zero attached hydrogens (tertiary/aromatic N) is 3. The highest BCUT2D eigenvalue weighted by molar-refractivity contribution is 7.92. The second kappa shape index (κ2) is 14.3. The van der Waals surface area contributed by atoms with Gasteiger partial charge in [0.25, 0.3) is 15.7 Å². The maximum atomic E-state index is 14.2. The Hall–Kier alpha value is -4.45. The number of amides is 2. The second-order valence-corrected chi connectivity index (χ2v) is 12.7. The molecule has 234 valence electrons. The van der Waals surface area contributed by atoms with Crippen molar-refractivity contribution in [3.8, 4) is 5.75 Å². The standard InChI is InChI=1S/C32H38N4O7S/c1-4-29(32(38)33-25-12-8-9-13-25)34(21-24-10-6-5-7-11-24)31(37)22-35(26-15-17-27(43-3)18-16-26)44(41,42)28-19-14-23(2)30(20-28)36(39)40/h5-7,10-11,14-20,25,29H,4,8-9,12-13,21-22H2,1-3H3,(H,33,38)/t29-/m0/s1. The van der Waals surface area contributed by atoms with Gasteiger partial charge in [0, 0.05) is 24.2 Å². The van der Waals surface area contributed by atoms with Gasteiger partial charge in [-0.3, -0.25) is 24.0 Å². The molecule has 1 atom stereocenters. The van der Waals surface area contributed by atoms with Crippen molar-refractivity contribution in [1.29, 1.82) is 0 Å². The van der Waals surface area contributed by atoms with Gasteiger partial charge in [0.1, 0.15) is 18.3 Å². The van der Waals surface area contributed by atoms with E-state index < -0.39 is 33.4 Å². The van der Waals surface area contributed by atoms with E-state index in [1.54, 1.807) is 12.1 Å². The summed E-state index contributed by atoms with van der Waals surface area (Å²) in [5.41, 5.74) is 0.882. The van der Waals surface area contributed by atoms with Crippen LogP contribution in [0.2, 0.25) is 0 Å². The van der Waals surface area contributed by atoms with Crippen LogP contribution in [-0.4, -0.2) is 55.8 Å². The Morgan fingerprint density at radius 2 is 1.70 bits per heavy atom. The van der Waals surface area contributed by atoms with E-state index in [-0.39, 0.29) is 34.8 Å². The van der Waals surface area contributed by atoms with Gasteiger partial charge in [-0.1, -0.05) is 56.2 Å². The van der Waals surface area contributed by atoms with E-state index in [0.717, 1.165) is 41.6 Å². The van der Waals surface area contributed by atoms with Crippen molar-refractivity contribution < 1.29 is 27.7 Å². The highest BCUT2D eigenvalue weighted by Crippen LogP contribution is 2.30. The summed E-state index contributed by atoms with van der Waals surface area (Å²) in [7, 11) is -3.01. The zero-order valence-electron chi connectivity index (χ0n) is 25.1. The first-order chi connectivity index (χ1) is 21.0. The summed E-state index contributed by atoms with van der Waals surface area (Å²) >= 11 is 0. The molecule has 0 unspecified atom stereocenters. The zero-order valence-corrected chi connectivity index (χ0v) is 26.0. The molecule has 0 saturated heterocycles. The lowest BCUT2D eigenvalue weighted by Crippen LogP contribution is -2.53. The predicted octanol–water partition coefficient (Wildman–Crippen LogP) is 4.97. The van der Waals surface area contributed by atoms with Gasteiger partial charge in [0.2, 0.25) is 11.8 Å². The Morgan fingerprint density at radius 3 is 2.30 bits per heavy atom. The molecule has 1 N–H and O–H groups in total. The number of nitro groups is 1. The monoisotopic (exact) mass is 622 g/mol. The third-order valence-corrected chi connectivity index (χ3v) is 9.66. The molecule has 44 heavy (non-hydrogen) atoms. The first kappa shape index (κ1) is 32.5. The van der Waals surface area contributed by atoms with Crippen molar-refractivity contribution in [2.75, 3.05) is 18.0 Å². The summed E-state index contributed by atoms with van der Waals surface area (Å²) in [6.07, 6.45) is 4.12. The molecule has 0 spiro atoms. The van der Waals surface area contributed by atoms with Crippen molar-refractivity contribution in [3.63, 3.8) is 0 Å². The molecule has 4 rings (SSSR count). The molecule has 11 nitrogen and oxygen atoms in total. The van der Waals surface area contributed by atoms with Crippen LogP contribution in [0.5, 0.6) is 5.75 Å². The van der Waals surface area contributed by atoms with Gasteiger partial charge in [-0.15, -0.1) is 0 Å². The van der Waals surface area contributed by atoms with Gasteiger partial charge in [-0.25, -0.2) is 8.42 Å². The molecule has 1 aliphatic rings. The lowest BCUT2D eigenvalue weighted by atomic mass is 10.1. The molecule has 1 fully saturated rings. The Balaban J connectivity index is 1.74. The van der Waals surface area contributed by atoms with Crippen LogP contribution < -0.4 is 14.4 Å². The number of carbonyl (C=O) groups excluding carboxylic acids is 2. The SMILES string of the molecule is CC[C@@H](C(=O)NC1CCCC1)N(Cc1ccccc1)C(=O)CN(c1ccc(OC)cc1)S(=O)(=O)c1ccc(C)c([N+](=O)[O-])c1. The maximum Gasteiger partial charge on any atom is 0.273 e. The minimum absolute atomic E-state index is 0.0405. The highest BCUT2D eigenvalue weighted by Gasteiger charge is 2.35. The number of methoxy groups -OCH3 is 1. The molecule has 1 saturated carbocycles. The van der Waals surface area contributed by atoms with Gasteiger partial charge in [-0.2, -0.15) is 0 Å². The van der Waals surface area contributed by atoms with Gasteiger partial charge in [0.05, 0.1) is 22.6 Å². The zero-order chi connectivity index (χ0) is 31.9.